The van der Waals surface area contributed by atoms with Crippen molar-refractivity contribution in [2.75, 3.05) is 18.4 Å². The second-order valence-corrected chi connectivity index (χ2v) is 8.63. The van der Waals surface area contributed by atoms with E-state index in [0.717, 1.165) is 36.6 Å². The summed E-state index contributed by atoms with van der Waals surface area (Å²) in [6.45, 7) is 6.78. The van der Waals surface area contributed by atoms with Crippen LogP contribution in [0, 0.1) is 0 Å². The zero-order valence-electron chi connectivity index (χ0n) is 17.3. The Hall–Kier alpha value is -2.55. The third-order valence-electron chi connectivity index (χ3n) is 4.98. The smallest absolute Gasteiger partial charge is 0.226 e. The van der Waals surface area contributed by atoms with E-state index in [4.69, 9.17) is 4.74 Å². The van der Waals surface area contributed by atoms with Gasteiger partial charge in [-0.05, 0) is 38.0 Å². The number of hydrogen-bond acceptors (Lipinski definition) is 6. The van der Waals surface area contributed by atoms with E-state index in [-0.39, 0.29) is 18.1 Å². The Morgan fingerprint density at radius 3 is 2.77 bits per heavy atom. The molecule has 0 saturated carbocycles. The molecule has 3 aromatic rings. The first-order valence-electron chi connectivity index (χ1n) is 10.3. The Kier molecular flexibility index (Phi) is 6.56. The molecule has 1 aliphatic heterocycles. The topological polar surface area (TPSA) is 72.3 Å². The Morgan fingerprint density at radius 2 is 2.00 bits per heavy atom. The van der Waals surface area contributed by atoms with E-state index < -0.39 is 0 Å². The van der Waals surface area contributed by atoms with Crippen LogP contribution < -0.4 is 5.32 Å². The van der Waals surface area contributed by atoms with E-state index >= 15 is 0 Å². The molecule has 4 rings (SSSR count). The third-order valence-corrected chi connectivity index (χ3v) is 5.78. The van der Waals surface area contributed by atoms with Gasteiger partial charge >= 0.3 is 0 Å². The number of nitrogens with one attached hydrogen (secondary N) is 1. The van der Waals surface area contributed by atoms with Crippen molar-refractivity contribution >= 4 is 22.4 Å². The number of aryl methyl sites for hydroxylation is 1. The minimum absolute atomic E-state index is 0.0306. The monoisotopic (exact) mass is 425 g/mol. The summed E-state index contributed by atoms with van der Waals surface area (Å²) in [7, 11) is 0. The van der Waals surface area contributed by atoms with Gasteiger partial charge in [-0.2, -0.15) is 5.10 Å². The van der Waals surface area contributed by atoms with Crippen LogP contribution in [0.3, 0.4) is 0 Å². The zero-order chi connectivity index (χ0) is 20.9. The Labute approximate surface area is 180 Å². The third kappa shape index (κ3) is 5.53. The van der Waals surface area contributed by atoms with Crippen LogP contribution in [0.25, 0.3) is 5.69 Å². The van der Waals surface area contributed by atoms with Crippen LogP contribution in [0.4, 0.5) is 5.13 Å². The van der Waals surface area contributed by atoms with Gasteiger partial charge in [0.2, 0.25) is 5.91 Å². The summed E-state index contributed by atoms with van der Waals surface area (Å²) in [5.41, 5.74) is 3.03. The number of ether oxygens (including phenoxy) is 1. The van der Waals surface area contributed by atoms with Crippen LogP contribution in [0.15, 0.2) is 48.1 Å². The molecule has 1 amide bonds. The predicted molar refractivity (Wildman–Crippen MR) is 118 cm³/mol. The van der Waals surface area contributed by atoms with Crippen molar-refractivity contribution in [2.45, 2.75) is 45.4 Å². The van der Waals surface area contributed by atoms with E-state index in [1.54, 1.807) is 0 Å². The van der Waals surface area contributed by atoms with Crippen LogP contribution in [0.1, 0.15) is 31.5 Å². The van der Waals surface area contributed by atoms with Gasteiger partial charge in [-0.15, -0.1) is 11.3 Å². The molecule has 1 saturated heterocycles. The molecule has 2 atom stereocenters. The molecule has 2 unspecified atom stereocenters. The summed E-state index contributed by atoms with van der Waals surface area (Å²) in [4.78, 5) is 19.3. The molecule has 30 heavy (non-hydrogen) atoms. The number of morpholine rings is 1. The highest BCUT2D eigenvalue weighted by molar-refractivity contribution is 7.13. The predicted octanol–water partition coefficient (Wildman–Crippen LogP) is 3.51. The number of rotatable bonds is 7. The van der Waals surface area contributed by atoms with Crippen LogP contribution >= 0.6 is 11.3 Å². The van der Waals surface area contributed by atoms with Crippen molar-refractivity contribution in [3.63, 3.8) is 0 Å². The number of hydrogen-bond donors (Lipinski definition) is 1. The first-order valence-corrected chi connectivity index (χ1v) is 11.1. The molecule has 1 N–H and O–H groups in total. The van der Waals surface area contributed by atoms with Gasteiger partial charge in [0.25, 0.3) is 0 Å². The first kappa shape index (κ1) is 20.7. The maximum Gasteiger partial charge on any atom is 0.226 e. The van der Waals surface area contributed by atoms with Crippen molar-refractivity contribution in [1.29, 1.82) is 0 Å². The van der Waals surface area contributed by atoms with Crippen LogP contribution in [0.2, 0.25) is 0 Å². The number of thiazole rings is 1. The number of carbonyl (C=O) groups is 1. The van der Waals surface area contributed by atoms with Crippen LogP contribution in [0.5, 0.6) is 0 Å². The summed E-state index contributed by atoms with van der Waals surface area (Å²) in [6, 6.07) is 9.94. The van der Waals surface area contributed by atoms with Crippen molar-refractivity contribution in [1.82, 2.24) is 19.7 Å². The zero-order valence-corrected chi connectivity index (χ0v) is 18.1. The maximum absolute atomic E-state index is 12.3. The minimum Gasteiger partial charge on any atom is -0.373 e. The fourth-order valence-corrected chi connectivity index (χ4v) is 4.45. The van der Waals surface area contributed by atoms with Gasteiger partial charge in [0.1, 0.15) is 0 Å². The molecule has 158 valence electrons. The lowest BCUT2D eigenvalue weighted by molar-refractivity contribution is -0.116. The molecule has 0 spiro atoms. The SMILES string of the molecule is CC1CN(Cc2csc(NC(=O)CCc3cnn(-c4ccccc4)c3)n2)CC(C)O1. The van der Waals surface area contributed by atoms with E-state index in [1.807, 2.05) is 52.8 Å². The number of amides is 1. The summed E-state index contributed by atoms with van der Waals surface area (Å²) < 4.78 is 7.61. The minimum atomic E-state index is -0.0306. The van der Waals surface area contributed by atoms with Crippen LogP contribution in [-0.4, -0.2) is 50.9 Å². The molecule has 2 aromatic heterocycles. The summed E-state index contributed by atoms with van der Waals surface area (Å²) in [5, 5.41) is 9.98. The van der Waals surface area contributed by atoms with Gasteiger partial charge in [-0.3, -0.25) is 9.69 Å². The highest BCUT2D eigenvalue weighted by atomic mass is 32.1. The molecule has 1 aromatic carbocycles. The maximum atomic E-state index is 12.3. The second-order valence-electron chi connectivity index (χ2n) is 7.77. The summed E-state index contributed by atoms with van der Waals surface area (Å²) in [5.74, 6) is -0.0306. The lowest BCUT2D eigenvalue weighted by Gasteiger charge is -2.34. The van der Waals surface area contributed by atoms with E-state index in [9.17, 15) is 4.79 Å². The van der Waals surface area contributed by atoms with Crippen molar-refractivity contribution in [3.05, 3.63) is 59.4 Å². The van der Waals surface area contributed by atoms with Crippen molar-refractivity contribution < 1.29 is 9.53 Å². The molecule has 0 aliphatic carbocycles. The lowest BCUT2D eigenvalue weighted by Crippen LogP contribution is -2.44. The number of aromatic nitrogens is 3. The van der Waals surface area contributed by atoms with E-state index in [2.05, 4.69) is 34.1 Å². The number of para-hydroxylation sites is 1. The Morgan fingerprint density at radius 1 is 1.23 bits per heavy atom. The molecule has 0 bridgehead atoms. The van der Waals surface area contributed by atoms with E-state index in [1.165, 1.54) is 11.3 Å². The van der Waals surface area contributed by atoms with Gasteiger partial charge in [0, 0.05) is 37.6 Å². The average molecular weight is 426 g/mol. The molecule has 7 nitrogen and oxygen atoms in total. The molecule has 1 fully saturated rings. The number of nitrogens with zero attached hydrogens (tertiary/aromatic N) is 4. The number of anilines is 1. The van der Waals surface area contributed by atoms with Gasteiger partial charge in [0.15, 0.2) is 5.13 Å². The summed E-state index contributed by atoms with van der Waals surface area (Å²) in [6.07, 6.45) is 5.28. The molecule has 3 heterocycles. The highest BCUT2D eigenvalue weighted by Gasteiger charge is 2.22. The second kappa shape index (κ2) is 9.51. The highest BCUT2D eigenvalue weighted by Crippen LogP contribution is 2.19. The van der Waals surface area contributed by atoms with Gasteiger partial charge < -0.3 is 10.1 Å². The standard InChI is InChI=1S/C22H27N5O2S/c1-16-11-26(12-17(2)29-16)14-19-15-30-22(24-19)25-21(28)9-8-18-10-23-27(13-18)20-6-4-3-5-7-20/h3-7,10,13,15-17H,8-9,11-12,14H2,1-2H3,(H,24,25,28). The largest absolute Gasteiger partial charge is 0.373 e. The quantitative estimate of drug-likeness (QED) is 0.627. The average Bonchev–Trinajstić information content (AvgIpc) is 3.36. The Balaban J connectivity index is 1.25. The van der Waals surface area contributed by atoms with Gasteiger partial charge in [-0.25, -0.2) is 9.67 Å². The van der Waals surface area contributed by atoms with Gasteiger partial charge in [0.05, 0.1) is 29.8 Å². The molecule has 1 aliphatic rings. The number of carbonyl (C=O) groups excluding carboxylic acids is 1. The summed E-state index contributed by atoms with van der Waals surface area (Å²) >= 11 is 1.47. The van der Waals surface area contributed by atoms with Crippen LogP contribution in [-0.2, 0) is 22.5 Å². The molecular weight excluding hydrogens is 398 g/mol. The first-order chi connectivity index (χ1) is 14.5. The molecular formula is C22H27N5O2S. The van der Waals surface area contributed by atoms with Crippen molar-refractivity contribution in [3.8, 4) is 5.69 Å². The fourth-order valence-electron chi connectivity index (χ4n) is 3.73. The molecule has 8 heteroatoms. The number of benzene rings is 1. The van der Waals surface area contributed by atoms with Gasteiger partial charge in [-0.1, -0.05) is 18.2 Å². The van der Waals surface area contributed by atoms with Crippen molar-refractivity contribution in [2.24, 2.45) is 0 Å². The normalized spacial score (nSPS) is 19.7. The van der Waals surface area contributed by atoms with E-state index in [0.29, 0.717) is 18.0 Å². The fraction of sp³-hybridized carbons (Fsp3) is 0.409. The lowest BCUT2D eigenvalue weighted by atomic mass is 10.2. The molecule has 0 radical (unpaired) electrons. The Bertz CT molecular complexity index is 961.